The van der Waals surface area contributed by atoms with Gasteiger partial charge in [0, 0.05) is 11.2 Å². The van der Waals surface area contributed by atoms with Crippen LogP contribution in [-0.4, -0.2) is 11.4 Å². The van der Waals surface area contributed by atoms with Crippen molar-refractivity contribution >= 4 is 33.9 Å². The molecule has 0 aliphatic rings. The molecule has 0 aliphatic carbocycles. The topological polar surface area (TPSA) is 50.4 Å². The molecule has 0 heterocycles. The quantitative estimate of drug-likeness (QED) is 0.328. The van der Waals surface area contributed by atoms with Crippen LogP contribution in [0.2, 0.25) is 5.02 Å². The van der Waals surface area contributed by atoms with Gasteiger partial charge in [-0.3, -0.25) is 0 Å². The molecule has 0 bridgehead atoms. The first-order chi connectivity index (χ1) is 14.2. The molecule has 0 atom stereocenters. The summed E-state index contributed by atoms with van der Waals surface area (Å²) in [6, 6.07) is 21.3. The van der Waals surface area contributed by atoms with E-state index in [4.69, 9.17) is 17.3 Å². The molecular formula is C26H30ClN3. The lowest BCUT2D eigenvalue weighted by molar-refractivity contribution is 0.564. The van der Waals surface area contributed by atoms with Gasteiger partial charge in [0.05, 0.1) is 16.5 Å². The standard InChI is InChI=1S/C26H30ClN3/c1-18(29-19(2)28)9-10-20-12-14-25(24(27)16-20)30-26(3,4)17-21-11-13-22-7-5-6-8-23(22)15-21/h5-9,11-16,30H,10,17H2,1-4H3,(H2,28,29)/b18-9-. The maximum Gasteiger partial charge on any atom is 0.0960 e. The third kappa shape index (κ3) is 6.11. The van der Waals surface area contributed by atoms with Crippen molar-refractivity contribution in [1.29, 1.82) is 0 Å². The summed E-state index contributed by atoms with van der Waals surface area (Å²) in [5, 5.41) is 6.88. The molecule has 3 rings (SSSR count). The fraction of sp³-hybridized carbons (Fsp3) is 0.269. The highest BCUT2D eigenvalue weighted by atomic mass is 35.5. The van der Waals surface area contributed by atoms with Gasteiger partial charge >= 0.3 is 0 Å². The molecule has 0 spiro atoms. The molecule has 0 fully saturated rings. The summed E-state index contributed by atoms with van der Waals surface area (Å²) in [6.45, 7) is 8.13. The van der Waals surface area contributed by atoms with Crippen molar-refractivity contribution in [3.8, 4) is 0 Å². The molecule has 3 aromatic carbocycles. The van der Waals surface area contributed by atoms with E-state index in [-0.39, 0.29) is 5.54 Å². The summed E-state index contributed by atoms with van der Waals surface area (Å²) < 4.78 is 0. The predicted octanol–water partition coefficient (Wildman–Crippen LogP) is 6.75. The highest BCUT2D eigenvalue weighted by molar-refractivity contribution is 6.33. The highest BCUT2D eigenvalue weighted by Crippen LogP contribution is 2.28. The maximum absolute atomic E-state index is 6.59. The second kappa shape index (κ2) is 9.36. The molecule has 0 saturated carbocycles. The second-order valence-electron chi connectivity index (χ2n) is 8.48. The van der Waals surface area contributed by atoms with Crippen molar-refractivity contribution in [3.05, 3.63) is 88.6 Å². The normalized spacial score (nSPS) is 13.0. The summed E-state index contributed by atoms with van der Waals surface area (Å²) >= 11 is 6.59. The van der Waals surface area contributed by atoms with Crippen LogP contribution >= 0.6 is 11.6 Å². The Morgan fingerprint density at radius 2 is 1.70 bits per heavy atom. The number of rotatable bonds is 7. The first-order valence-electron chi connectivity index (χ1n) is 10.2. The zero-order valence-electron chi connectivity index (χ0n) is 18.2. The van der Waals surface area contributed by atoms with Gasteiger partial charge in [-0.05, 0) is 74.6 Å². The number of aliphatic imine (C=N–C) groups is 1. The van der Waals surface area contributed by atoms with E-state index < -0.39 is 0 Å². The van der Waals surface area contributed by atoms with Crippen LogP contribution in [-0.2, 0) is 12.8 Å². The third-order valence-corrected chi connectivity index (χ3v) is 5.27. The van der Waals surface area contributed by atoms with E-state index in [2.05, 4.69) is 84.8 Å². The first-order valence-corrected chi connectivity index (χ1v) is 10.6. The molecule has 156 valence electrons. The number of anilines is 1. The van der Waals surface area contributed by atoms with Crippen LogP contribution in [0.15, 0.2) is 77.4 Å². The van der Waals surface area contributed by atoms with E-state index in [0.29, 0.717) is 5.84 Å². The molecule has 3 N–H and O–H groups in total. The maximum atomic E-state index is 6.59. The van der Waals surface area contributed by atoms with Gasteiger partial charge in [-0.1, -0.05) is 66.2 Å². The Kier molecular flexibility index (Phi) is 6.84. The van der Waals surface area contributed by atoms with Crippen LogP contribution in [0.5, 0.6) is 0 Å². The van der Waals surface area contributed by atoms with E-state index in [0.717, 1.165) is 34.8 Å². The summed E-state index contributed by atoms with van der Waals surface area (Å²) in [5.41, 5.74) is 9.78. The fourth-order valence-corrected chi connectivity index (χ4v) is 3.89. The molecule has 30 heavy (non-hydrogen) atoms. The van der Waals surface area contributed by atoms with E-state index in [1.165, 1.54) is 16.3 Å². The molecule has 0 aromatic heterocycles. The van der Waals surface area contributed by atoms with Crippen molar-refractivity contribution in [1.82, 2.24) is 0 Å². The molecule has 0 aliphatic heterocycles. The Morgan fingerprint density at radius 3 is 2.40 bits per heavy atom. The van der Waals surface area contributed by atoms with Gasteiger partial charge in [-0.25, -0.2) is 4.99 Å². The largest absolute Gasteiger partial charge is 0.387 e. The van der Waals surface area contributed by atoms with E-state index in [1.54, 1.807) is 6.92 Å². The predicted molar refractivity (Wildman–Crippen MR) is 132 cm³/mol. The van der Waals surface area contributed by atoms with Gasteiger partial charge in [-0.15, -0.1) is 0 Å². The van der Waals surface area contributed by atoms with Crippen LogP contribution in [0, 0.1) is 0 Å². The zero-order chi connectivity index (χ0) is 21.7. The number of hydrogen-bond donors (Lipinski definition) is 2. The number of fused-ring (bicyclic) bond motifs is 1. The Morgan fingerprint density at radius 1 is 1.00 bits per heavy atom. The molecular weight excluding hydrogens is 390 g/mol. The zero-order valence-corrected chi connectivity index (χ0v) is 18.9. The number of amidine groups is 1. The van der Waals surface area contributed by atoms with Crippen LogP contribution in [0.25, 0.3) is 10.8 Å². The van der Waals surface area contributed by atoms with Crippen molar-refractivity contribution in [2.45, 2.75) is 46.1 Å². The molecule has 0 amide bonds. The molecule has 0 saturated heterocycles. The minimum Gasteiger partial charge on any atom is -0.387 e. The average molecular weight is 420 g/mol. The van der Waals surface area contributed by atoms with Crippen LogP contribution in [0.1, 0.15) is 38.8 Å². The van der Waals surface area contributed by atoms with Gasteiger partial charge < -0.3 is 11.1 Å². The Labute approximate surface area is 184 Å². The molecule has 3 aromatic rings. The number of halogens is 1. The number of nitrogens with zero attached hydrogens (tertiary/aromatic N) is 1. The van der Waals surface area contributed by atoms with Crippen molar-refractivity contribution in [2.24, 2.45) is 10.7 Å². The number of nitrogens with one attached hydrogen (secondary N) is 1. The van der Waals surface area contributed by atoms with E-state index >= 15 is 0 Å². The molecule has 4 heteroatoms. The van der Waals surface area contributed by atoms with Gasteiger partial charge in [0.1, 0.15) is 0 Å². The Balaban J connectivity index is 1.70. The number of nitrogens with two attached hydrogens (primary N) is 1. The van der Waals surface area contributed by atoms with Gasteiger partial charge in [0.25, 0.3) is 0 Å². The lowest BCUT2D eigenvalue weighted by atomic mass is 9.93. The van der Waals surface area contributed by atoms with Crippen molar-refractivity contribution in [2.75, 3.05) is 5.32 Å². The summed E-state index contributed by atoms with van der Waals surface area (Å²) in [7, 11) is 0. The second-order valence-corrected chi connectivity index (χ2v) is 8.89. The van der Waals surface area contributed by atoms with Crippen LogP contribution in [0.3, 0.4) is 0 Å². The number of benzene rings is 3. The summed E-state index contributed by atoms with van der Waals surface area (Å²) in [4.78, 5) is 4.25. The van der Waals surface area contributed by atoms with Crippen LogP contribution < -0.4 is 11.1 Å². The van der Waals surface area contributed by atoms with Crippen molar-refractivity contribution < 1.29 is 0 Å². The minimum atomic E-state index is -0.141. The average Bonchev–Trinajstić information content (AvgIpc) is 2.67. The SMILES string of the molecule is CC(=C/Cc1ccc(NC(C)(C)Cc2ccc3ccccc3c2)c(Cl)c1)/N=C(/C)N. The molecule has 3 nitrogen and oxygen atoms in total. The number of hydrogen-bond acceptors (Lipinski definition) is 2. The minimum absolute atomic E-state index is 0.141. The molecule has 0 radical (unpaired) electrons. The fourth-order valence-electron chi connectivity index (χ4n) is 3.64. The summed E-state index contributed by atoms with van der Waals surface area (Å²) in [5.74, 6) is 0.565. The first kappa shape index (κ1) is 21.9. The van der Waals surface area contributed by atoms with Gasteiger partial charge in [-0.2, -0.15) is 0 Å². The van der Waals surface area contributed by atoms with Gasteiger partial charge in [0.15, 0.2) is 0 Å². The third-order valence-electron chi connectivity index (χ3n) is 4.95. The van der Waals surface area contributed by atoms with E-state index in [9.17, 15) is 0 Å². The Bertz CT molecular complexity index is 1090. The van der Waals surface area contributed by atoms with Gasteiger partial charge in [0.2, 0.25) is 0 Å². The number of allylic oxidation sites excluding steroid dienone is 2. The lowest BCUT2D eigenvalue weighted by Crippen LogP contribution is -2.33. The lowest BCUT2D eigenvalue weighted by Gasteiger charge is -2.28. The van der Waals surface area contributed by atoms with Crippen LogP contribution in [0.4, 0.5) is 5.69 Å². The monoisotopic (exact) mass is 419 g/mol. The summed E-state index contributed by atoms with van der Waals surface area (Å²) in [6.07, 6.45) is 3.72. The van der Waals surface area contributed by atoms with Crippen molar-refractivity contribution in [3.63, 3.8) is 0 Å². The van der Waals surface area contributed by atoms with E-state index in [1.807, 2.05) is 13.0 Å². The highest BCUT2D eigenvalue weighted by Gasteiger charge is 2.19. The Hall–Kier alpha value is -2.78. The smallest absolute Gasteiger partial charge is 0.0960 e. The molecule has 0 unspecified atom stereocenters.